The normalized spacial score (nSPS) is 22.2. The van der Waals surface area contributed by atoms with Crippen LogP contribution in [0.1, 0.15) is 40.5 Å². The molecule has 1 aliphatic heterocycles. The van der Waals surface area contributed by atoms with Crippen LogP contribution in [0.15, 0.2) is 0 Å². The van der Waals surface area contributed by atoms with Gasteiger partial charge in [0, 0.05) is 6.54 Å². The molecule has 80 valence electrons. The molecule has 2 heteroatoms. The van der Waals surface area contributed by atoms with E-state index in [0.717, 1.165) is 13.0 Å². The van der Waals surface area contributed by atoms with E-state index in [9.17, 15) is 0 Å². The maximum atomic E-state index is 8.90. The zero-order valence-electron chi connectivity index (χ0n) is 9.93. The minimum Gasteiger partial charge on any atom is -0.303 e. The second kappa shape index (κ2) is 3.90. The third-order valence-electron chi connectivity index (χ3n) is 3.11. The van der Waals surface area contributed by atoms with Gasteiger partial charge in [-0.15, -0.1) is 0 Å². The average Bonchev–Trinajstić information content (AvgIpc) is 2.43. The summed E-state index contributed by atoms with van der Waals surface area (Å²) in [5.41, 5.74) is 0.323. The summed E-state index contributed by atoms with van der Waals surface area (Å²) in [6, 6.07) is 2.36. The molecule has 0 bridgehead atoms. The topological polar surface area (TPSA) is 27.0 Å². The predicted molar refractivity (Wildman–Crippen MR) is 58.8 cm³/mol. The number of rotatable bonds is 3. The molecule has 14 heavy (non-hydrogen) atoms. The van der Waals surface area contributed by atoms with Gasteiger partial charge in [0.25, 0.3) is 0 Å². The lowest BCUT2D eigenvalue weighted by molar-refractivity contribution is 0.259. The lowest BCUT2D eigenvalue weighted by Gasteiger charge is -2.22. The Labute approximate surface area is 87.9 Å². The molecule has 1 rings (SSSR count). The summed E-state index contributed by atoms with van der Waals surface area (Å²) >= 11 is 0. The third-order valence-corrected chi connectivity index (χ3v) is 3.11. The van der Waals surface area contributed by atoms with E-state index in [4.69, 9.17) is 5.26 Å². The van der Waals surface area contributed by atoms with Crippen molar-refractivity contribution < 1.29 is 0 Å². The maximum absolute atomic E-state index is 8.90. The standard InChI is InChI=1S/C12H22N2/c1-11(2,9-13)5-7-14-8-6-12(3,4)10-14/h5-8,10H2,1-4H3. The zero-order valence-corrected chi connectivity index (χ0v) is 9.93. The number of likely N-dealkylation sites (tertiary alicyclic amines) is 1. The van der Waals surface area contributed by atoms with E-state index in [1.54, 1.807) is 0 Å². The summed E-state index contributed by atoms with van der Waals surface area (Å²) in [6.45, 7) is 12.2. The molecule has 2 nitrogen and oxygen atoms in total. The maximum Gasteiger partial charge on any atom is 0.0684 e. The summed E-state index contributed by atoms with van der Waals surface area (Å²) in [6.07, 6.45) is 2.28. The van der Waals surface area contributed by atoms with E-state index in [0.29, 0.717) is 5.41 Å². The molecule has 0 amide bonds. The fraction of sp³-hybridized carbons (Fsp3) is 0.917. The van der Waals surface area contributed by atoms with Crippen molar-refractivity contribution >= 4 is 0 Å². The van der Waals surface area contributed by atoms with E-state index < -0.39 is 0 Å². The quantitative estimate of drug-likeness (QED) is 0.690. The van der Waals surface area contributed by atoms with Crippen LogP contribution in [0.5, 0.6) is 0 Å². The highest BCUT2D eigenvalue weighted by atomic mass is 15.1. The molecule has 0 aromatic heterocycles. The molecule has 0 radical (unpaired) electrons. The van der Waals surface area contributed by atoms with Crippen LogP contribution in [0.2, 0.25) is 0 Å². The zero-order chi connectivity index (χ0) is 10.8. The van der Waals surface area contributed by atoms with Crippen molar-refractivity contribution in [1.82, 2.24) is 4.90 Å². The Hall–Kier alpha value is -0.550. The number of hydrogen-bond donors (Lipinski definition) is 0. The van der Waals surface area contributed by atoms with Crippen LogP contribution >= 0.6 is 0 Å². The fourth-order valence-electron chi connectivity index (χ4n) is 1.91. The Morgan fingerprint density at radius 1 is 1.43 bits per heavy atom. The first kappa shape index (κ1) is 11.5. The SMILES string of the molecule is CC(C)(C#N)CCN1CCC(C)(C)C1. The predicted octanol–water partition coefficient (Wildman–Crippen LogP) is 2.66. The van der Waals surface area contributed by atoms with E-state index >= 15 is 0 Å². The minimum absolute atomic E-state index is 0.160. The summed E-state index contributed by atoms with van der Waals surface area (Å²) in [5.74, 6) is 0. The molecule has 0 aliphatic carbocycles. The van der Waals surface area contributed by atoms with Crippen LogP contribution in [-0.4, -0.2) is 24.5 Å². The van der Waals surface area contributed by atoms with Crippen molar-refractivity contribution in [2.45, 2.75) is 40.5 Å². The monoisotopic (exact) mass is 194 g/mol. The molecule has 0 aromatic carbocycles. The van der Waals surface area contributed by atoms with Gasteiger partial charge in [-0.2, -0.15) is 5.26 Å². The number of hydrogen-bond acceptors (Lipinski definition) is 2. The second-order valence-corrected chi connectivity index (χ2v) is 5.94. The number of nitrogens with zero attached hydrogens (tertiary/aromatic N) is 2. The first-order chi connectivity index (χ1) is 6.35. The molecule has 0 aromatic rings. The summed E-state index contributed by atoms with van der Waals surface area (Å²) in [7, 11) is 0. The van der Waals surface area contributed by atoms with Gasteiger partial charge in [0.15, 0.2) is 0 Å². The van der Waals surface area contributed by atoms with Gasteiger partial charge in [0.2, 0.25) is 0 Å². The molecule has 1 fully saturated rings. The average molecular weight is 194 g/mol. The van der Waals surface area contributed by atoms with Gasteiger partial charge in [-0.05, 0) is 45.2 Å². The van der Waals surface area contributed by atoms with Gasteiger partial charge in [-0.3, -0.25) is 0 Å². The van der Waals surface area contributed by atoms with E-state index in [1.807, 2.05) is 13.8 Å². The van der Waals surface area contributed by atoms with E-state index in [-0.39, 0.29) is 5.41 Å². The van der Waals surface area contributed by atoms with Crippen molar-refractivity contribution in [3.8, 4) is 6.07 Å². The molecular formula is C12H22N2. The highest BCUT2D eigenvalue weighted by molar-refractivity contribution is 4.93. The van der Waals surface area contributed by atoms with Gasteiger partial charge in [0.1, 0.15) is 0 Å². The Morgan fingerprint density at radius 3 is 2.50 bits per heavy atom. The highest BCUT2D eigenvalue weighted by Gasteiger charge is 2.29. The minimum atomic E-state index is -0.160. The third kappa shape index (κ3) is 3.31. The summed E-state index contributed by atoms with van der Waals surface area (Å²) < 4.78 is 0. The van der Waals surface area contributed by atoms with E-state index in [1.165, 1.54) is 19.5 Å². The van der Waals surface area contributed by atoms with Crippen LogP contribution < -0.4 is 0 Å². The van der Waals surface area contributed by atoms with Crippen LogP contribution in [-0.2, 0) is 0 Å². The molecule has 0 N–H and O–H groups in total. The number of nitriles is 1. The second-order valence-electron chi connectivity index (χ2n) is 5.94. The summed E-state index contributed by atoms with van der Waals surface area (Å²) in [5, 5.41) is 8.90. The Bertz CT molecular complexity index is 235. The Kier molecular flexibility index (Phi) is 3.21. The van der Waals surface area contributed by atoms with Gasteiger partial charge < -0.3 is 4.90 Å². The first-order valence-electron chi connectivity index (χ1n) is 5.48. The van der Waals surface area contributed by atoms with Crippen LogP contribution in [0.3, 0.4) is 0 Å². The van der Waals surface area contributed by atoms with Crippen LogP contribution in [0.25, 0.3) is 0 Å². The van der Waals surface area contributed by atoms with Crippen molar-refractivity contribution in [2.24, 2.45) is 10.8 Å². The van der Waals surface area contributed by atoms with Crippen molar-refractivity contribution in [3.63, 3.8) is 0 Å². The Morgan fingerprint density at radius 2 is 2.07 bits per heavy atom. The van der Waals surface area contributed by atoms with E-state index in [2.05, 4.69) is 24.8 Å². The molecule has 1 aliphatic rings. The van der Waals surface area contributed by atoms with Gasteiger partial charge in [-0.25, -0.2) is 0 Å². The molecule has 0 unspecified atom stereocenters. The molecule has 1 heterocycles. The first-order valence-corrected chi connectivity index (χ1v) is 5.48. The van der Waals surface area contributed by atoms with Gasteiger partial charge >= 0.3 is 0 Å². The smallest absolute Gasteiger partial charge is 0.0684 e. The molecule has 1 saturated heterocycles. The van der Waals surface area contributed by atoms with Crippen molar-refractivity contribution in [1.29, 1.82) is 5.26 Å². The molecule has 0 saturated carbocycles. The Balaban J connectivity index is 2.32. The molecule has 0 atom stereocenters. The van der Waals surface area contributed by atoms with Crippen LogP contribution in [0, 0.1) is 22.2 Å². The molecular weight excluding hydrogens is 172 g/mol. The van der Waals surface area contributed by atoms with Gasteiger partial charge in [-0.1, -0.05) is 13.8 Å². The van der Waals surface area contributed by atoms with Gasteiger partial charge in [0.05, 0.1) is 11.5 Å². The molecule has 0 spiro atoms. The lowest BCUT2D eigenvalue weighted by Crippen LogP contribution is -2.27. The largest absolute Gasteiger partial charge is 0.303 e. The van der Waals surface area contributed by atoms with Crippen molar-refractivity contribution in [2.75, 3.05) is 19.6 Å². The van der Waals surface area contributed by atoms with Crippen LogP contribution in [0.4, 0.5) is 0 Å². The fourth-order valence-corrected chi connectivity index (χ4v) is 1.91. The highest BCUT2D eigenvalue weighted by Crippen LogP contribution is 2.30. The lowest BCUT2D eigenvalue weighted by atomic mass is 9.91. The summed E-state index contributed by atoms with van der Waals surface area (Å²) in [4.78, 5) is 2.49. The van der Waals surface area contributed by atoms with Crippen molar-refractivity contribution in [3.05, 3.63) is 0 Å².